The average molecular weight is 269 g/mol. The molecule has 1 aliphatic heterocycles. The molecule has 1 aromatic rings. The summed E-state index contributed by atoms with van der Waals surface area (Å²) in [6, 6.07) is 3.41. The van der Waals surface area contributed by atoms with Crippen LogP contribution >= 0.6 is 11.6 Å². The fourth-order valence-electron chi connectivity index (χ4n) is 1.91. The third-order valence-electron chi connectivity index (χ3n) is 2.81. The number of rotatable bonds is 3. The molecule has 1 amide bonds. The van der Waals surface area contributed by atoms with Crippen molar-refractivity contribution in [3.8, 4) is 0 Å². The second kappa shape index (κ2) is 6.68. The molecule has 0 aliphatic carbocycles. The Kier molecular flexibility index (Phi) is 4.92. The summed E-state index contributed by atoms with van der Waals surface area (Å²) >= 11 is 5.68. The van der Waals surface area contributed by atoms with Gasteiger partial charge < -0.3 is 10.6 Å². The molecular weight excluding hydrogens is 252 g/mol. The number of pyridine rings is 1. The lowest BCUT2D eigenvalue weighted by atomic mass is 10.3. The van der Waals surface area contributed by atoms with E-state index >= 15 is 0 Å². The van der Waals surface area contributed by atoms with Crippen LogP contribution < -0.4 is 10.6 Å². The highest BCUT2D eigenvalue weighted by Gasteiger charge is 2.12. The zero-order valence-corrected chi connectivity index (χ0v) is 10.9. The minimum absolute atomic E-state index is 0.0129. The number of halogens is 1. The highest BCUT2D eigenvalue weighted by atomic mass is 35.5. The molecule has 0 saturated carbocycles. The quantitative estimate of drug-likeness (QED) is 0.802. The van der Waals surface area contributed by atoms with Gasteiger partial charge in [0.05, 0.1) is 18.4 Å². The van der Waals surface area contributed by atoms with Gasteiger partial charge in [-0.3, -0.25) is 9.69 Å². The molecule has 1 fully saturated rings. The Morgan fingerprint density at radius 3 is 3.11 bits per heavy atom. The Hall–Kier alpha value is -1.17. The number of hydrogen-bond donors (Lipinski definition) is 2. The Bertz CT molecular complexity index is 388. The summed E-state index contributed by atoms with van der Waals surface area (Å²) in [5.41, 5.74) is 0.678. The number of carbonyl (C=O) groups is 1. The van der Waals surface area contributed by atoms with Gasteiger partial charge in [-0.1, -0.05) is 11.6 Å². The van der Waals surface area contributed by atoms with Crippen molar-refractivity contribution in [3.63, 3.8) is 0 Å². The van der Waals surface area contributed by atoms with Crippen molar-refractivity contribution in [2.45, 2.75) is 6.42 Å². The number of aromatic nitrogens is 1. The average Bonchev–Trinajstić information content (AvgIpc) is 2.61. The second-order valence-corrected chi connectivity index (χ2v) is 4.68. The zero-order valence-electron chi connectivity index (χ0n) is 10.2. The fourth-order valence-corrected chi connectivity index (χ4v) is 2.02. The molecule has 5 nitrogen and oxygen atoms in total. The maximum absolute atomic E-state index is 11.8. The van der Waals surface area contributed by atoms with E-state index in [4.69, 9.17) is 11.6 Å². The number of anilines is 1. The van der Waals surface area contributed by atoms with Crippen molar-refractivity contribution >= 4 is 23.2 Å². The first-order chi connectivity index (χ1) is 8.74. The third-order valence-corrected chi connectivity index (χ3v) is 3.03. The minimum Gasteiger partial charge on any atom is -0.324 e. The largest absolute Gasteiger partial charge is 0.324 e. The Balaban J connectivity index is 1.82. The van der Waals surface area contributed by atoms with Gasteiger partial charge in [-0.25, -0.2) is 4.98 Å². The number of carbonyl (C=O) groups excluding carboxylic acids is 1. The molecule has 6 heteroatoms. The van der Waals surface area contributed by atoms with E-state index in [0.29, 0.717) is 17.4 Å². The SMILES string of the molecule is O=C(CN1CCCNCC1)Nc1ccc(Cl)nc1. The van der Waals surface area contributed by atoms with E-state index in [2.05, 4.69) is 20.5 Å². The van der Waals surface area contributed by atoms with Crippen LogP contribution in [0.2, 0.25) is 5.15 Å². The van der Waals surface area contributed by atoms with Gasteiger partial charge in [0.25, 0.3) is 0 Å². The van der Waals surface area contributed by atoms with E-state index in [0.717, 1.165) is 32.6 Å². The van der Waals surface area contributed by atoms with Gasteiger partial charge in [0.1, 0.15) is 5.15 Å². The van der Waals surface area contributed by atoms with Crippen LogP contribution in [0.15, 0.2) is 18.3 Å². The summed E-state index contributed by atoms with van der Waals surface area (Å²) in [6.45, 7) is 4.25. The molecule has 2 heterocycles. The second-order valence-electron chi connectivity index (χ2n) is 4.30. The van der Waals surface area contributed by atoms with Crippen LogP contribution in [0.25, 0.3) is 0 Å². The van der Waals surface area contributed by atoms with Gasteiger partial charge in [-0.05, 0) is 31.6 Å². The third kappa shape index (κ3) is 4.25. The lowest BCUT2D eigenvalue weighted by Gasteiger charge is -2.18. The first-order valence-electron chi connectivity index (χ1n) is 6.08. The predicted octanol–water partition coefficient (Wildman–Crippen LogP) is 0.969. The van der Waals surface area contributed by atoms with Gasteiger partial charge in [0.2, 0.25) is 5.91 Å². The smallest absolute Gasteiger partial charge is 0.238 e. The van der Waals surface area contributed by atoms with Crippen LogP contribution in [-0.4, -0.2) is 48.5 Å². The van der Waals surface area contributed by atoms with Crippen molar-refractivity contribution in [3.05, 3.63) is 23.5 Å². The van der Waals surface area contributed by atoms with E-state index in [1.165, 1.54) is 0 Å². The molecule has 0 unspecified atom stereocenters. The van der Waals surface area contributed by atoms with Crippen LogP contribution in [-0.2, 0) is 4.79 Å². The number of nitrogens with zero attached hydrogens (tertiary/aromatic N) is 2. The lowest BCUT2D eigenvalue weighted by Crippen LogP contribution is -2.35. The molecule has 18 heavy (non-hydrogen) atoms. The summed E-state index contributed by atoms with van der Waals surface area (Å²) in [5, 5.41) is 6.55. The van der Waals surface area contributed by atoms with Crippen LogP contribution in [0.4, 0.5) is 5.69 Å². The van der Waals surface area contributed by atoms with Crippen LogP contribution in [0.3, 0.4) is 0 Å². The molecule has 2 rings (SSSR count). The van der Waals surface area contributed by atoms with Gasteiger partial charge >= 0.3 is 0 Å². The number of hydrogen-bond acceptors (Lipinski definition) is 4. The molecule has 0 atom stereocenters. The Labute approximate surface area is 112 Å². The van der Waals surface area contributed by atoms with Crippen LogP contribution in [0, 0.1) is 0 Å². The number of amides is 1. The first-order valence-corrected chi connectivity index (χ1v) is 6.46. The molecular formula is C12H17ClN4O. The Morgan fingerprint density at radius 1 is 1.44 bits per heavy atom. The van der Waals surface area contributed by atoms with Crippen molar-refractivity contribution in [1.82, 2.24) is 15.2 Å². The fraction of sp³-hybridized carbons (Fsp3) is 0.500. The van der Waals surface area contributed by atoms with Gasteiger partial charge in [0, 0.05) is 13.1 Å². The molecule has 1 aromatic heterocycles. The van der Waals surface area contributed by atoms with E-state index in [-0.39, 0.29) is 5.91 Å². The Morgan fingerprint density at radius 2 is 2.33 bits per heavy atom. The van der Waals surface area contributed by atoms with Crippen LogP contribution in [0.5, 0.6) is 0 Å². The highest BCUT2D eigenvalue weighted by Crippen LogP contribution is 2.09. The molecule has 0 spiro atoms. The molecule has 2 N–H and O–H groups in total. The summed E-state index contributed by atoms with van der Waals surface area (Å²) < 4.78 is 0. The maximum atomic E-state index is 11.8. The monoisotopic (exact) mass is 268 g/mol. The summed E-state index contributed by atoms with van der Waals surface area (Å²) in [6.07, 6.45) is 2.64. The summed E-state index contributed by atoms with van der Waals surface area (Å²) in [7, 11) is 0. The topological polar surface area (TPSA) is 57.3 Å². The standard InChI is InChI=1S/C12H17ClN4O/c13-11-3-2-10(8-15-11)16-12(18)9-17-6-1-4-14-5-7-17/h2-3,8,14H,1,4-7,9H2,(H,16,18). The van der Waals surface area contributed by atoms with Crippen molar-refractivity contribution in [2.75, 3.05) is 38.0 Å². The minimum atomic E-state index is -0.0129. The van der Waals surface area contributed by atoms with Crippen LogP contribution in [0.1, 0.15) is 6.42 Å². The lowest BCUT2D eigenvalue weighted by molar-refractivity contribution is -0.117. The molecule has 0 radical (unpaired) electrons. The number of nitrogens with one attached hydrogen (secondary N) is 2. The van der Waals surface area contributed by atoms with E-state index in [1.54, 1.807) is 18.3 Å². The molecule has 0 bridgehead atoms. The zero-order chi connectivity index (χ0) is 12.8. The van der Waals surface area contributed by atoms with E-state index in [1.807, 2.05) is 0 Å². The van der Waals surface area contributed by atoms with E-state index < -0.39 is 0 Å². The molecule has 98 valence electrons. The highest BCUT2D eigenvalue weighted by molar-refractivity contribution is 6.29. The maximum Gasteiger partial charge on any atom is 0.238 e. The summed E-state index contributed by atoms with van der Waals surface area (Å²) in [4.78, 5) is 17.9. The predicted molar refractivity (Wildman–Crippen MR) is 71.8 cm³/mol. The normalized spacial score (nSPS) is 17.2. The first kappa shape index (κ1) is 13.3. The van der Waals surface area contributed by atoms with Crippen molar-refractivity contribution < 1.29 is 4.79 Å². The van der Waals surface area contributed by atoms with Gasteiger partial charge in [0.15, 0.2) is 0 Å². The molecule has 1 aliphatic rings. The molecule has 1 saturated heterocycles. The molecule has 0 aromatic carbocycles. The summed E-state index contributed by atoms with van der Waals surface area (Å²) in [5.74, 6) is -0.0129. The van der Waals surface area contributed by atoms with Crippen molar-refractivity contribution in [1.29, 1.82) is 0 Å². The van der Waals surface area contributed by atoms with Gasteiger partial charge in [-0.15, -0.1) is 0 Å². The van der Waals surface area contributed by atoms with Gasteiger partial charge in [-0.2, -0.15) is 0 Å². The van der Waals surface area contributed by atoms with E-state index in [9.17, 15) is 4.79 Å². The van der Waals surface area contributed by atoms with Crippen molar-refractivity contribution in [2.24, 2.45) is 0 Å².